The van der Waals surface area contributed by atoms with Gasteiger partial charge in [0.2, 0.25) is 0 Å². The Morgan fingerprint density at radius 3 is 2.46 bits per heavy atom. The quantitative estimate of drug-likeness (QED) is 0.845. The van der Waals surface area contributed by atoms with Gasteiger partial charge in [0.25, 0.3) is 0 Å². The zero-order chi connectivity index (χ0) is 18.1. The van der Waals surface area contributed by atoms with Crippen molar-refractivity contribution in [3.63, 3.8) is 0 Å². The molecule has 4 nitrogen and oxygen atoms in total. The molecule has 0 fully saturated rings. The van der Waals surface area contributed by atoms with E-state index < -0.39 is 12.0 Å². The molecule has 1 aliphatic rings. The zero-order valence-corrected chi connectivity index (χ0v) is 15.6. The number of carboxylic acid groups (broad SMARTS) is 1. The van der Waals surface area contributed by atoms with Crippen LogP contribution in [0.15, 0.2) is 18.2 Å². The molecular formula is C19H25NO3S. The van der Waals surface area contributed by atoms with Crippen LogP contribution in [0.4, 0.5) is 0 Å². The van der Waals surface area contributed by atoms with E-state index in [1.807, 2.05) is 6.07 Å². The molecule has 0 amide bonds. The van der Waals surface area contributed by atoms with E-state index in [-0.39, 0.29) is 11.2 Å². The molecule has 5 heteroatoms. The molecule has 1 heterocycles. The average Bonchev–Trinajstić information content (AvgIpc) is 2.49. The lowest BCUT2D eigenvalue weighted by atomic mass is 9.83. The van der Waals surface area contributed by atoms with Crippen molar-refractivity contribution in [2.75, 3.05) is 0 Å². The van der Waals surface area contributed by atoms with Crippen molar-refractivity contribution in [2.45, 2.75) is 65.0 Å². The maximum Gasteiger partial charge on any atom is 0.326 e. The fourth-order valence-corrected chi connectivity index (χ4v) is 3.25. The molecule has 24 heavy (non-hydrogen) atoms. The topological polar surface area (TPSA) is 57.6 Å². The van der Waals surface area contributed by atoms with E-state index in [0.29, 0.717) is 30.8 Å². The summed E-state index contributed by atoms with van der Waals surface area (Å²) in [6, 6.07) is 5.63. The van der Waals surface area contributed by atoms with Crippen molar-refractivity contribution in [1.82, 2.24) is 4.90 Å². The highest BCUT2D eigenvalue weighted by atomic mass is 32.1. The van der Waals surface area contributed by atoms with Crippen LogP contribution in [0.25, 0.3) is 0 Å². The third-order valence-electron chi connectivity index (χ3n) is 4.50. The minimum Gasteiger partial charge on any atom is -0.480 e. The Balaban J connectivity index is 2.31. The summed E-state index contributed by atoms with van der Waals surface area (Å²) in [7, 11) is 0. The molecule has 0 saturated carbocycles. The number of hydrogen-bond acceptors (Lipinski definition) is 3. The predicted molar refractivity (Wildman–Crippen MR) is 98.3 cm³/mol. The van der Waals surface area contributed by atoms with E-state index in [1.54, 1.807) is 4.90 Å². The van der Waals surface area contributed by atoms with Crippen LogP contribution < -0.4 is 0 Å². The van der Waals surface area contributed by atoms with Gasteiger partial charge in [0.1, 0.15) is 11.8 Å². The van der Waals surface area contributed by atoms with Crippen LogP contribution in [0.5, 0.6) is 0 Å². The van der Waals surface area contributed by atoms with Gasteiger partial charge in [-0.05, 0) is 29.0 Å². The van der Waals surface area contributed by atoms with Gasteiger partial charge in [-0.25, -0.2) is 4.79 Å². The third-order valence-corrected chi connectivity index (χ3v) is 4.94. The standard InChI is InChI=1S/C19H25NO3S/c1-12(21)5-8-17(24)20-11-14-9-15(19(2,3)4)7-6-13(14)10-16(20)18(22)23/h6-7,9,16H,5,8,10-11H2,1-4H3,(H,22,23). The molecule has 0 saturated heterocycles. The molecule has 1 unspecified atom stereocenters. The molecule has 0 spiro atoms. The van der Waals surface area contributed by atoms with Crippen LogP contribution in [0, 0.1) is 0 Å². The Morgan fingerprint density at radius 2 is 1.92 bits per heavy atom. The number of aliphatic carboxylic acids is 1. The summed E-state index contributed by atoms with van der Waals surface area (Å²) >= 11 is 5.43. The first-order valence-electron chi connectivity index (χ1n) is 8.23. The van der Waals surface area contributed by atoms with Crippen molar-refractivity contribution < 1.29 is 14.7 Å². The van der Waals surface area contributed by atoms with Gasteiger partial charge in [0.15, 0.2) is 0 Å². The zero-order valence-electron chi connectivity index (χ0n) is 14.8. The number of carboxylic acids is 1. The number of carbonyl (C=O) groups excluding carboxylic acids is 1. The Bertz CT molecular complexity index is 676. The van der Waals surface area contributed by atoms with Crippen molar-refractivity contribution in [1.29, 1.82) is 0 Å². The van der Waals surface area contributed by atoms with E-state index in [2.05, 4.69) is 32.9 Å². The largest absolute Gasteiger partial charge is 0.480 e. The third kappa shape index (κ3) is 4.20. The smallest absolute Gasteiger partial charge is 0.326 e. The Hall–Kier alpha value is -1.75. The van der Waals surface area contributed by atoms with Gasteiger partial charge in [-0.1, -0.05) is 51.2 Å². The Kier molecular flexibility index (Phi) is 5.43. The lowest BCUT2D eigenvalue weighted by Crippen LogP contribution is -2.48. The molecule has 0 bridgehead atoms. The van der Waals surface area contributed by atoms with Crippen molar-refractivity contribution >= 4 is 29.0 Å². The number of carbonyl (C=O) groups is 2. The van der Waals surface area contributed by atoms with Crippen molar-refractivity contribution in [3.8, 4) is 0 Å². The highest BCUT2D eigenvalue weighted by molar-refractivity contribution is 7.80. The Morgan fingerprint density at radius 1 is 1.25 bits per heavy atom. The summed E-state index contributed by atoms with van der Waals surface area (Å²) in [6.45, 7) is 8.50. The highest BCUT2D eigenvalue weighted by Gasteiger charge is 2.33. The Labute approximate surface area is 148 Å². The average molecular weight is 347 g/mol. The highest BCUT2D eigenvalue weighted by Crippen LogP contribution is 2.30. The lowest BCUT2D eigenvalue weighted by molar-refractivity contribution is -0.142. The van der Waals surface area contributed by atoms with Gasteiger partial charge < -0.3 is 14.8 Å². The van der Waals surface area contributed by atoms with Gasteiger partial charge in [0.05, 0.1) is 4.99 Å². The van der Waals surface area contributed by atoms with Gasteiger partial charge in [0, 0.05) is 25.8 Å². The number of nitrogens with zero attached hydrogens (tertiary/aromatic N) is 1. The fraction of sp³-hybridized carbons (Fsp3) is 0.526. The van der Waals surface area contributed by atoms with Crippen molar-refractivity contribution in [2.24, 2.45) is 0 Å². The first kappa shape index (κ1) is 18.6. The van der Waals surface area contributed by atoms with Crippen LogP contribution in [-0.2, 0) is 28.0 Å². The lowest BCUT2D eigenvalue weighted by Gasteiger charge is -2.37. The molecule has 0 aliphatic carbocycles. The first-order chi connectivity index (χ1) is 11.1. The molecular weight excluding hydrogens is 322 g/mol. The summed E-state index contributed by atoms with van der Waals surface area (Å²) < 4.78 is 0. The number of thiocarbonyl (C=S) groups is 1. The minimum absolute atomic E-state index is 0.0403. The number of rotatable bonds is 4. The maximum atomic E-state index is 11.7. The summed E-state index contributed by atoms with van der Waals surface area (Å²) in [5.74, 6) is -0.803. The maximum absolute atomic E-state index is 11.7. The second-order valence-corrected chi connectivity index (χ2v) is 7.99. The first-order valence-corrected chi connectivity index (χ1v) is 8.64. The number of fused-ring (bicyclic) bond motifs is 1. The molecule has 130 valence electrons. The molecule has 1 atom stereocenters. The summed E-state index contributed by atoms with van der Waals surface area (Å²) in [4.78, 5) is 25.2. The second kappa shape index (κ2) is 7.01. The fourth-order valence-electron chi connectivity index (χ4n) is 2.96. The van der Waals surface area contributed by atoms with E-state index in [9.17, 15) is 14.7 Å². The summed E-state index contributed by atoms with van der Waals surface area (Å²) in [6.07, 6.45) is 1.23. The van der Waals surface area contributed by atoms with E-state index >= 15 is 0 Å². The predicted octanol–water partition coefficient (Wildman–Crippen LogP) is 3.49. The SMILES string of the molecule is CC(=O)CCC(=S)N1Cc2cc(C(C)(C)C)ccc2CC1C(=O)O. The molecule has 0 aromatic heterocycles. The van der Waals surface area contributed by atoms with Gasteiger partial charge in [-0.3, -0.25) is 0 Å². The molecule has 1 N–H and O–H groups in total. The van der Waals surface area contributed by atoms with Gasteiger partial charge >= 0.3 is 5.97 Å². The normalized spacial score (nSPS) is 17.3. The van der Waals surface area contributed by atoms with Gasteiger partial charge in [-0.2, -0.15) is 0 Å². The minimum atomic E-state index is -0.870. The van der Waals surface area contributed by atoms with Crippen LogP contribution in [0.3, 0.4) is 0 Å². The molecule has 1 aliphatic heterocycles. The molecule has 1 aromatic carbocycles. The van der Waals surface area contributed by atoms with E-state index in [1.165, 1.54) is 12.5 Å². The summed E-state index contributed by atoms with van der Waals surface area (Å²) in [5.41, 5.74) is 3.47. The number of hydrogen-bond donors (Lipinski definition) is 1. The molecule has 0 radical (unpaired) electrons. The van der Waals surface area contributed by atoms with Crippen LogP contribution in [0.1, 0.15) is 57.2 Å². The summed E-state index contributed by atoms with van der Waals surface area (Å²) in [5, 5.41) is 9.58. The van der Waals surface area contributed by atoms with Gasteiger partial charge in [-0.15, -0.1) is 0 Å². The second-order valence-electron chi connectivity index (χ2n) is 7.52. The number of benzene rings is 1. The van der Waals surface area contributed by atoms with E-state index in [4.69, 9.17) is 12.2 Å². The van der Waals surface area contributed by atoms with Crippen LogP contribution >= 0.6 is 12.2 Å². The van der Waals surface area contributed by atoms with Crippen molar-refractivity contribution in [3.05, 3.63) is 34.9 Å². The van der Waals surface area contributed by atoms with Crippen LogP contribution in [0.2, 0.25) is 0 Å². The molecule has 1 aromatic rings. The number of Topliss-reactive ketones (excluding diaryl/α,β-unsaturated/α-hetero) is 1. The number of ketones is 1. The van der Waals surface area contributed by atoms with Crippen LogP contribution in [-0.4, -0.2) is 32.8 Å². The monoisotopic (exact) mass is 347 g/mol. The van der Waals surface area contributed by atoms with E-state index in [0.717, 1.165) is 11.1 Å². The molecule has 2 rings (SSSR count).